The maximum absolute atomic E-state index is 14.0. The minimum absolute atomic E-state index is 0.0968. The Morgan fingerprint density at radius 3 is 2.78 bits per heavy atom. The molecule has 0 bridgehead atoms. The molecule has 0 aliphatic carbocycles. The Hall–Kier alpha value is -2.73. The third kappa shape index (κ3) is 5.88. The van der Waals surface area contributed by atoms with Crippen LogP contribution in [0.1, 0.15) is 19.4 Å². The van der Waals surface area contributed by atoms with E-state index in [2.05, 4.69) is 11.2 Å². The van der Waals surface area contributed by atoms with Gasteiger partial charge in [-0.2, -0.15) is 5.26 Å². The summed E-state index contributed by atoms with van der Waals surface area (Å²) in [4.78, 5) is 11.6. The first-order valence-electron chi connectivity index (χ1n) is 7.17. The monoisotopic (exact) mass is 318 g/mol. The molecule has 23 heavy (non-hydrogen) atoms. The average molecular weight is 318 g/mol. The molecule has 0 saturated carbocycles. The van der Waals surface area contributed by atoms with E-state index in [0.29, 0.717) is 23.7 Å². The van der Waals surface area contributed by atoms with Crippen molar-refractivity contribution >= 4 is 5.91 Å². The van der Waals surface area contributed by atoms with Crippen LogP contribution in [0, 0.1) is 23.7 Å². The summed E-state index contributed by atoms with van der Waals surface area (Å²) < 4.78 is 24.8. The number of rotatable bonds is 8. The molecule has 0 aliphatic rings. The van der Waals surface area contributed by atoms with Gasteiger partial charge in [0, 0.05) is 6.42 Å². The predicted molar refractivity (Wildman–Crippen MR) is 83.8 cm³/mol. The van der Waals surface area contributed by atoms with E-state index in [9.17, 15) is 9.18 Å². The lowest BCUT2D eigenvalue weighted by Gasteiger charge is -2.14. The molecule has 1 aromatic rings. The molecule has 1 aromatic carbocycles. The van der Waals surface area contributed by atoms with Crippen molar-refractivity contribution in [1.82, 2.24) is 5.32 Å². The number of nitrogens with one attached hydrogen (secondary N) is 1. The first-order chi connectivity index (χ1) is 11.0. The molecular formula is C17H19FN2O3. The Labute approximate surface area is 135 Å². The number of ether oxygens (including phenoxy) is 2. The van der Waals surface area contributed by atoms with Gasteiger partial charge in [-0.05, 0) is 31.5 Å². The fourth-order valence-electron chi connectivity index (χ4n) is 1.82. The molecule has 2 unspecified atom stereocenters. The highest BCUT2D eigenvalue weighted by Gasteiger charge is 2.20. The molecule has 5 nitrogen and oxygen atoms in total. The average Bonchev–Trinajstić information content (AvgIpc) is 2.54. The van der Waals surface area contributed by atoms with Gasteiger partial charge in [0.25, 0.3) is 5.91 Å². The van der Waals surface area contributed by atoms with Crippen LogP contribution in [-0.2, 0) is 11.2 Å². The SMILES string of the molecule is C#CCOc1ccc(CC(F)C(=O)NC(C)C#N)cc1OCC. The van der Waals surface area contributed by atoms with Crippen LogP contribution in [-0.4, -0.2) is 31.3 Å². The summed E-state index contributed by atoms with van der Waals surface area (Å²) in [5, 5.41) is 10.9. The van der Waals surface area contributed by atoms with Crippen LogP contribution in [0.4, 0.5) is 4.39 Å². The van der Waals surface area contributed by atoms with Crippen molar-refractivity contribution in [2.24, 2.45) is 0 Å². The zero-order valence-corrected chi connectivity index (χ0v) is 13.1. The van der Waals surface area contributed by atoms with Crippen molar-refractivity contribution in [3.63, 3.8) is 0 Å². The maximum atomic E-state index is 14.0. The number of hydrogen-bond acceptors (Lipinski definition) is 4. The summed E-state index contributed by atoms with van der Waals surface area (Å²) >= 11 is 0. The summed E-state index contributed by atoms with van der Waals surface area (Å²) in [6, 6.07) is 5.96. The Morgan fingerprint density at radius 1 is 1.43 bits per heavy atom. The fraction of sp³-hybridized carbons (Fsp3) is 0.412. The Bertz CT molecular complexity index is 619. The fourth-order valence-corrected chi connectivity index (χ4v) is 1.82. The molecule has 0 radical (unpaired) electrons. The first-order valence-corrected chi connectivity index (χ1v) is 7.17. The summed E-state index contributed by atoms with van der Waals surface area (Å²) in [7, 11) is 0. The van der Waals surface area contributed by atoms with Crippen molar-refractivity contribution in [2.45, 2.75) is 32.5 Å². The number of terminal acetylenes is 1. The molecule has 1 amide bonds. The molecular weight excluding hydrogens is 299 g/mol. The van der Waals surface area contributed by atoms with Crippen molar-refractivity contribution in [1.29, 1.82) is 5.26 Å². The van der Waals surface area contributed by atoms with Crippen molar-refractivity contribution in [2.75, 3.05) is 13.2 Å². The molecule has 0 aromatic heterocycles. The Morgan fingerprint density at radius 2 is 2.17 bits per heavy atom. The van der Waals surface area contributed by atoms with Crippen molar-refractivity contribution in [3.8, 4) is 29.9 Å². The topological polar surface area (TPSA) is 71.3 Å². The van der Waals surface area contributed by atoms with Gasteiger partial charge in [0.15, 0.2) is 17.7 Å². The van der Waals surface area contributed by atoms with Crippen LogP contribution in [0.2, 0.25) is 0 Å². The van der Waals surface area contributed by atoms with E-state index in [1.54, 1.807) is 18.2 Å². The second-order valence-corrected chi connectivity index (χ2v) is 4.74. The highest BCUT2D eigenvalue weighted by molar-refractivity contribution is 5.81. The number of halogens is 1. The zero-order valence-electron chi connectivity index (χ0n) is 13.1. The van der Waals surface area contributed by atoms with Gasteiger partial charge >= 0.3 is 0 Å². The molecule has 0 saturated heterocycles. The van der Waals surface area contributed by atoms with E-state index in [4.69, 9.17) is 21.2 Å². The zero-order chi connectivity index (χ0) is 17.2. The van der Waals surface area contributed by atoms with E-state index < -0.39 is 18.1 Å². The van der Waals surface area contributed by atoms with Gasteiger partial charge in [0.05, 0.1) is 12.7 Å². The van der Waals surface area contributed by atoms with E-state index in [-0.39, 0.29) is 13.0 Å². The van der Waals surface area contributed by atoms with Gasteiger partial charge in [0.2, 0.25) is 0 Å². The molecule has 6 heteroatoms. The van der Waals surface area contributed by atoms with Gasteiger partial charge in [-0.3, -0.25) is 4.79 Å². The van der Waals surface area contributed by atoms with Gasteiger partial charge in [-0.1, -0.05) is 12.0 Å². The summed E-state index contributed by atoms with van der Waals surface area (Å²) in [6.07, 6.45) is 3.27. The number of nitriles is 1. The lowest BCUT2D eigenvalue weighted by molar-refractivity contribution is -0.126. The Balaban J connectivity index is 2.80. The summed E-state index contributed by atoms with van der Waals surface area (Å²) in [6.45, 7) is 3.80. The highest BCUT2D eigenvalue weighted by Crippen LogP contribution is 2.29. The lowest BCUT2D eigenvalue weighted by atomic mass is 10.1. The maximum Gasteiger partial charge on any atom is 0.255 e. The van der Waals surface area contributed by atoms with Gasteiger partial charge < -0.3 is 14.8 Å². The van der Waals surface area contributed by atoms with Gasteiger partial charge in [0.1, 0.15) is 12.6 Å². The number of hydrogen-bond donors (Lipinski definition) is 1. The van der Waals surface area contributed by atoms with E-state index in [1.165, 1.54) is 6.92 Å². The second-order valence-electron chi connectivity index (χ2n) is 4.74. The van der Waals surface area contributed by atoms with Crippen LogP contribution < -0.4 is 14.8 Å². The molecule has 0 aliphatic heterocycles. The normalized spacial score (nSPS) is 12.4. The van der Waals surface area contributed by atoms with Crippen molar-refractivity contribution in [3.05, 3.63) is 23.8 Å². The predicted octanol–water partition coefficient (Wildman–Crippen LogP) is 2.01. The number of carbonyl (C=O) groups is 1. The standard InChI is InChI=1S/C17H19FN2O3/c1-4-8-23-15-7-6-13(10-16(15)22-5-2)9-14(18)17(21)20-12(3)11-19/h1,6-7,10,12,14H,5,8-9H2,2-3H3,(H,20,21). The highest BCUT2D eigenvalue weighted by atomic mass is 19.1. The number of benzene rings is 1. The molecule has 0 fully saturated rings. The van der Waals surface area contributed by atoms with E-state index in [1.807, 2.05) is 13.0 Å². The third-order valence-corrected chi connectivity index (χ3v) is 2.87. The van der Waals surface area contributed by atoms with Crippen LogP contribution in [0.3, 0.4) is 0 Å². The number of alkyl halides is 1. The summed E-state index contributed by atoms with van der Waals surface area (Å²) in [5.74, 6) is 2.45. The summed E-state index contributed by atoms with van der Waals surface area (Å²) in [5.41, 5.74) is 0.578. The van der Waals surface area contributed by atoms with Crippen molar-refractivity contribution < 1.29 is 18.7 Å². The Kier molecular flexibility index (Phi) is 7.42. The minimum Gasteiger partial charge on any atom is -0.490 e. The van der Waals surface area contributed by atoms with Crippen LogP contribution >= 0.6 is 0 Å². The lowest BCUT2D eigenvalue weighted by Crippen LogP contribution is -2.38. The number of carbonyl (C=O) groups excluding carboxylic acids is 1. The largest absolute Gasteiger partial charge is 0.490 e. The van der Waals surface area contributed by atoms with Gasteiger partial charge in [-0.15, -0.1) is 6.42 Å². The molecule has 1 rings (SSSR count). The molecule has 0 heterocycles. The van der Waals surface area contributed by atoms with Crippen LogP contribution in [0.15, 0.2) is 18.2 Å². The smallest absolute Gasteiger partial charge is 0.255 e. The van der Waals surface area contributed by atoms with E-state index >= 15 is 0 Å². The quantitative estimate of drug-likeness (QED) is 0.744. The van der Waals surface area contributed by atoms with Gasteiger partial charge in [-0.25, -0.2) is 4.39 Å². The van der Waals surface area contributed by atoms with Crippen LogP contribution in [0.25, 0.3) is 0 Å². The molecule has 0 spiro atoms. The number of nitrogens with zero attached hydrogens (tertiary/aromatic N) is 1. The third-order valence-electron chi connectivity index (χ3n) is 2.87. The van der Waals surface area contributed by atoms with Crippen LogP contribution in [0.5, 0.6) is 11.5 Å². The first kappa shape index (κ1) is 18.3. The number of amides is 1. The molecule has 1 N–H and O–H groups in total. The second kappa shape index (κ2) is 9.32. The molecule has 2 atom stereocenters. The van der Waals surface area contributed by atoms with E-state index in [0.717, 1.165) is 0 Å². The minimum atomic E-state index is -1.75. The molecule has 122 valence electrons.